The van der Waals surface area contributed by atoms with Crippen molar-refractivity contribution >= 4 is 41.0 Å². The molecule has 5 aliphatic rings. The Morgan fingerprint density at radius 3 is 2.29 bits per heavy atom. The Kier molecular flexibility index (Phi) is 12.3. The standard InChI is InChI=1S/C44H54F2N8O4/c45-36-25-32(48-38-17-18-39(55)51-43(38)58)13-16-35(36)27-19-22-53(23-20-27)33-14-11-30(12-15-33)49-42(57)28-7-9-31(10-8-28)50-44-47-26-37(46)41(52-44)29-4-3-5-34(24-29)54-21-2-1-6-40(54)56/h3-5,13,16,24-28,30-31,33,38,48H,1-2,6-12,14-15,17-23H2,(H,49,57)(H,47,50,52)(H,51,55,58)/t28-,30-,31-,33-,38?. The van der Waals surface area contributed by atoms with E-state index in [0.29, 0.717) is 48.2 Å². The number of likely N-dealkylation sites (tertiary alicyclic amines) is 1. The quantitative estimate of drug-likeness (QED) is 0.170. The van der Waals surface area contributed by atoms with E-state index in [-0.39, 0.29) is 65.5 Å². The molecule has 3 aliphatic heterocycles. The molecule has 1 atom stereocenters. The maximum Gasteiger partial charge on any atom is 0.249 e. The minimum absolute atomic E-state index is 0.0394. The second kappa shape index (κ2) is 17.9. The van der Waals surface area contributed by atoms with E-state index in [4.69, 9.17) is 0 Å². The van der Waals surface area contributed by atoms with Crippen LogP contribution in [0.2, 0.25) is 0 Å². The number of benzene rings is 2. The second-order valence-corrected chi connectivity index (χ2v) is 16.8. The number of carbonyl (C=O) groups is 4. The topological polar surface area (TPSA) is 149 Å². The number of halogens is 2. The van der Waals surface area contributed by atoms with Crippen LogP contribution in [0.5, 0.6) is 0 Å². The fourth-order valence-corrected chi connectivity index (χ4v) is 9.68. The fourth-order valence-electron chi connectivity index (χ4n) is 9.68. The molecule has 1 aromatic heterocycles. The van der Waals surface area contributed by atoms with Crippen LogP contribution in [0.4, 0.5) is 26.1 Å². The maximum atomic E-state index is 15.3. The monoisotopic (exact) mass is 796 g/mol. The molecule has 58 heavy (non-hydrogen) atoms. The third kappa shape index (κ3) is 9.32. The van der Waals surface area contributed by atoms with Gasteiger partial charge in [0.2, 0.25) is 29.6 Å². The van der Waals surface area contributed by atoms with Gasteiger partial charge in [0, 0.05) is 60.4 Å². The molecule has 0 spiro atoms. The molecule has 3 aromatic rings. The Morgan fingerprint density at radius 1 is 0.776 bits per heavy atom. The normalized spacial score (nSPS) is 26.2. The number of aromatic nitrogens is 2. The minimum Gasteiger partial charge on any atom is -0.374 e. The Morgan fingerprint density at radius 2 is 1.55 bits per heavy atom. The Bertz CT molecular complexity index is 1990. The third-order valence-electron chi connectivity index (χ3n) is 13.0. The predicted octanol–water partition coefficient (Wildman–Crippen LogP) is 6.43. The molecule has 14 heteroatoms. The summed E-state index contributed by atoms with van der Waals surface area (Å²) in [6.07, 6.45) is 13.0. The van der Waals surface area contributed by atoms with Gasteiger partial charge in [-0.15, -0.1) is 0 Å². The molecule has 308 valence electrons. The number of hydrogen-bond acceptors (Lipinski definition) is 9. The first-order valence-electron chi connectivity index (χ1n) is 21.3. The lowest BCUT2D eigenvalue weighted by Gasteiger charge is -2.41. The van der Waals surface area contributed by atoms with Gasteiger partial charge in [-0.2, -0.15) is 0 Å². The molecule has 8 rings (SSSR count). The molecular weight excluding hydrogens is 743 g/mol. The molecule has 12 nitrogen and oxygen atoms in total. The summed E-state index contributed by atoms with van der Waals surface area (Å²) < 4.78 is 30.3. The Labute approximate surface area is 338 Å². The number of imide groups is 1. The maximum absolute atomic E-state index is 15.3. The molecule has 2 aliphatic carbocycles. The van der Waals surface area contributed by atoms with Crippen molar-refractivity contribution in [3.05, 3.63) is 65.9 Å². The third-order valence-corrected chi connectivity index (χ3v) is 13.0. The molecule has 3 saturated heterocycles. The minimum atomic E-state index is -0.547. The lowest BCUT2D eigenvalue weighted by molar-refractivity contribution is -0.133. The van der Waals surface area contributed by atoms with Crippen LogP contribution < -0.4 is 26.2 Å². The number of nitrogens with one attached hydrogen (secondary N) is 4. The highest BCUT2D eigenvalue weighted by Crippen LogP contribution is 2.35. The van der Waals surface area contributed by atoms with E-state index < -0.39 is 11.9 Å². The Hall–Kier alpha value is -4.98. The van der Waals surface area contributed by atoms with Crippen LogP contribution in [0.3, 0.4) is 0 Å². The van der Waals surface area contributed by atoms with Crippen molar-refractivity contribution < 1.29 is 28.0 Å². The van der Waals surface area contributed by atoms with E-state index >= 15 is 4.39 Å². The van der Waals surface area contributed by atoms with Gasteiger partial charge in [0.1, 0.15) is 17.6 Å². The molecule has 1 unspecified atom stereocenters. The van der Waals surface area contributed by atoms with Gasteiger partial charge in [-0.1, -0.05) is 18.2 Å². The highest BCUT2D eigenvalue weighted by molar-refractivity contribution is 6.01. The van der Waals surface area contributed by atoms with E-state index in [1.54, 1.807) is 11.0 Å². The molecule has 2 saturated carbocycles. The van der Waals surface area contributed by atoms with Crippen molar-refractivity contribution in [2.45, 2.75) is 126 Å². The summed E-state index contributed by atoms with van der Waals surface area (Å²) >= 11 is 0. The first-order chi connectivity index (χ1) is 28.2. The molecule has 0 radical (unpaired) electrons. The number of nitrogens with zero attached hydrogens (tertiary/aromatic N) is 4. The molecule has 2 aromatic carbocycles. The van der Waals surface area contributed by atoms with Gasteiger partial charge in [-0.25, -0.2) is 18.7 Å². The van der Waals surface area contributed by atoms with Gasteiger partial charge in [0.05, 0.1) is 6.20 Å². The predicted molar refractivity (Wildman–Crippen MR) is 217 cm³/mol. The molecule has 4 heterocycles. The zero-order chi connectivity index (χ0) is 40.2. The van der Waals surface area contributed by atoms with Crippen molar-refractivity contribution in [3.63, 3.8) is 0 Å². The average molecular weight is 797 g/mol. The SMILES string of the molecule is O=C1CCC(Nc2ccc(C3CCN([C@H]4CC[C@H](NC(=O)[C@H]5CC[C@H](Nc6ncc(F)c(-c7cccc(N8CCCCC8=O)c7)n6)CC5)CC4)CC3)c(F)c2)C(=O)N1. The van der Waals surface area contributed by atoms with Gasteiger partial charge < -0.3 is 25.8 Å². The van der Waals surface area contributed by atoms with Gasteiger partial charge in [-0.05, 0) is 132 Å². The number of piperidine rings is 3. The number of rotatable bonds is 10. The van der Waals surface area contributed by atoms with Crippen molar-refractivity contribution in [1.82, 2.24) is 25.5 Å². The van der Waals surface area contributed by atoms with Crippen LogP contribution >= 0.6 is 0 Å². The average Bonchev–Trinajstić information content (AvgIpc) is 3.23. The van der Waals surface area contributed by atoms with E-state index in [9.17, 15) is 23.6 Å². The summed E-state index contributed by atoms with van der Waals surface area (Å²) in [5, 5.41) is 12.1. The van der Waals surface area contributed by atoms with Crippen LogP contribution in [-0.2, 0) is 19.2 Å². The zero-order valence-electron chi connectivity index (χ0n) is 33.0. The summed E-state index contributed by atoms with van der Waals surface area (Å²) in [6, 6.07) is 12.6. The van der Waals surface area contributed by atoms with E-state index in [0.717, 1.165) is 95.8 Å². The lowest BCUT2D eigenvalue weighted by Crippen LogP contribution is -2.47. The van der Waals surface area contributed by atoms with Crippen LogP contribution in [0.15, 0.2) is 48.7 Å². The highest BCUT2D eigenvalue weighted by Gasteiger charge is 2.33. The molecule has 4 N–H and O–H groups in total. The fraction of sp³-hybridized carbons (Fsp3) is 0.545. The number of hydrogen-bond donors (Lipinski definition) is 4. The van der Waals surface area contributed by atoms with Gasteiger partial charge in [-0.3, -0.25) is 24.5 Å². The summed E-state index contributed by atoms with van der Waals surface area (Å²) in [7, 11) is 0. The first kappa shape index (κ1) is 39.8. The largest absolute Gasteiger partial charge is 0.374 e. The van der Waals surface area contributed by atoms with Crippen molar-refractivity contribution in [1.29, 1.82) is 0 Å². The van der Waals surface area contributed by atoms with Crippen molar-refractivity contribution in [3.8, 4) is 11.3 Å². The summed E-state index contributed by atoms with van der Waals surface area (Å²) in [6.45, 7) is 2.49. The van der Waals surface area contributed by atoms with Crippen LogP contribution in [0.1, 0.15) is 108 Å². The molecule has 0 bridgehead atoms. The van der Waals surface area contributed by atoms with E-state index in [2.05, 4.69) is 36.1 Å². The summed E-state index contributed by atoms with van der Waals surface area (Å²) in [4.78, 5) is 62.5. The highest BCUT2D eigenvalue weighted by atomic mass is 19.1. The summed E-state index contributed by atoms with van der Waals surface area (Å²) in [5.74, 6) is -0.767. The zero-order valence-corrected chi connectivity index (χ0v) is 33.0. The van der Waals surface area contributed by atoms with Gasteiger partial charge >= 0.3 is 0 Å². The van der Waals surface area contributed by atoms with E-state index in [1.165, 1.54) is 12.3 Å². The first-order valence-corrected chi connectivity index (χ1v) is 21.3. The van der Waals surface area contributed by atoms with Crippen LogP contribution in [0.25, 0.3) is 11.3 Å². The van der Waals surface area contributed by atoms with Gasteiger partial charge in [0.25, 0.3) is 0 Å². The molecular formula is C44H54F2N8O4. The van der Waals surface area contributed by atoms with Crippen LogP contribution in [-0.4, -0.2) is 82.3 Å². The summed E-state index contributed by atoms with van der Waals surface area (Å²) in [5.41, 5.74) is 2.79. The lowest BCUT2D eigenvalue weighted by atomic mass is 9.83. The smallest absolute Gasteiger partial charge is 0.249 e. The number of carbonyl (C=O) groups excluding carboxylic acids is 4. The molecule has 4 amide bonds. The molecule has 5 fully saturated rings. The van der Waals surface area contributed by atoms with E-state index in [1.807, 2.05) is 30.3 Å². The van der Waals surface area contributed by atoms with Crippen molar-refractivity contribution in [2.75, 3.05) is 35.2 Å². The Balaban J connectivity index is 0.754. The number of anilines is 3. The van der Waals surface area contributed by atoms with Crippen molar-refractivity contribution in [2.24, 2.45) is 5.92 Å². The number of amides is 4. The van der Waals surface area contributed by atoms with Gasteiger partial charge in [0.15, 0.2) is 5.82 Å². The second-order valence-electron chi connectivity index (χ2n) is 16.8. The van der Waals surface area contributed by atoms with Crippen LogP contribution in [0, 0.1) is 17.6 Å².